The highest BCUT2D eigenvalue weighted by atomic mass is 16.4. The predicted octanol–water partition coefficient (Wildman–Crippen LogP) is -0.897. The first-order valence-corrected chi connectivity index (χ1v) is 6.86. The number of nitrogens with zero attached hydrogens (tertiary/aromatic N) is 6. The number of rotatable bonds is 4. The fraction of sp³-hybridized carbons (Fsp3) is 0.143. The fourth-order valence-electron chi connectivity index (χ4n) is 2.25. The van der Waals surface area contributed by atoms with Crippen LogP contribution in [0.4, 0.5) is 0 Å². The van der Waals surface area contributed by atoms with Crippen LogP contribution in [0.1, 0.15) is 21.0 Å². The van der Waals surface area contributed by atoms with Crippen LogP contribution in [-0.4, -0.2) is 41.9 Å². The van der Waals surface area contributed by atoms with Crippen molar-refractivity contribution in [1.29, 1.82) is 0 Å². The first-order valence-electron chi connectivity index (χ1n) is 6.86. The van der Waals surface area contributed by atoms with Crippen LogP contribution in [0.3, 0.4) is 0 Å². The molecule has 0 unspecified atom stereocenters. The first kappa shape index (κ1) is 15.3. The van der Waals surface area contributed by atoms with Gasteiger partial charge in [0, 0.05) is 6.07 Å². The van der Waals surface area contributed by atoms with Gasteiger partial charge in [-0.2, -0.15) is 0 Å². The lowest BCUT2D eigenvalue weighted by molar-refractivity contribution is -0.733. The van der Waals surface area contributed by atoms with Gasteiger partial charge in [0.1, 0.15) is 14.1 Å². The van der Waals surface area contributed by atoms with Crippen molar-refractivity contribution in [1.82, 2.24) is 19.8 Å². The summed E-state index contributed by atoms with van der Waals surface area (Å²) in [6.45, 7) is 0. The Morgan fingerprint density at radius 1 is 0.917 bits per heavy atom. The molecular formula is C14H14N6O4+2. The summed E-state index contributed by atoms with van der Waals surface area (Å²) in [5, 5.41) is 26.4. The highest BCUT2D eigenvalue weighted by molar-refractivity contribution is 5.83. The number of hydrogen-bond donors (Lipinski definition) is 2. The predicted molar refractivity (Wildman–Crippen MR) is 77.0 cm³/mol. The molecule has 2 aromatic heterocycles. The van der Waals surface area contributed by atoms with Gasteiger partial charge in [0.05, 0.1) is 10.4 Å². The van der Waals surface area contributed by atoms with Crippen LogP contribution in [0, 0.1) is 0 Å². The van der Waals surface area contributed by atoms with Crippen molar-refractivity contribution in [2.75, 3.05) is 0 Å². The maximum absolute atomic E-state index is 11.1. The largest absolute Gasteiger partial charge is 0.475 e. The molecule has 1 aromatic carbocycles. The number of hydrogen-bond acceptors (Lipinski definition) is 4. The highest BCUT2D eigenvalue weighted by Gasteiger charge is 2.23. The normalized spacial score (nSPS) is 10.8. The summed E-state index contributed by atoms with van der Waals surface area (Å²) in [6.07, 6.45) is 2.79. The minimum Gasteiger partial charge on any atom is -0.475 e. The summed E-state index contributed by atoms with van der Waals surface area (Å²) >= 11 is 0. The number of aryl methyl sites for hydroxylation is 2. The van der Waals surface area contributed by atoms with E-state index >= 15 is 0 Å². The monoisotopic (exact) mass is 330 g/mol. The quantitative estimate of drug-likeness (QED) is 0.599. The topological polar surface area (TPSA) is 118 Å². The lowest BCUT2D eigenvalue weighted by atomic mass is 10.3. The van der Waals surface area contributed by atoms with E-state index in [9.17, 15) is 9.59 Å². The Hall–Kier alpha value is -3.56. The molecule has 2 heterocycles. The van der Waals surface area contributed by atoms with Gasteiger partial charge in [-0.1, -0.05) is 6.07 Å². The molecule has 3 aromatic rings. The minimum absolute atomic E-state index is 0.0408. The second-order valence-electron chi connectivity index (χ2n) is 5.07. The Morgan fingerprint density at radius 2 is 1.33 bits per heavy atom. The Labute approximate surface area is 135 Å². The Balaban J connectivity index is 2.04. The van der Waals surface area contributed by atoms with Crippen LogP contribution in [0.2, 0.25) is 0 Å². The van der Waals surface area contributed by atoms with Crippen molar-refractivity contribution in [3.63, 3.8) is 0 Å². The molecule has 24 heavy (non-hydrogen) atoms. The molecule has 10 heteroatoms. The van der Waals surface area contributed by atoms with Crippen LogP contribution in [0.15, 0.2) is 36.7 Å². The molecule has 0 bridgehead atoms. The molecule has 0 saturated heterocycles. The standard InChI is InChI=1S/C14H12N6O4/c1-17-11(13(21)22)7-19(15-17)9-4-3-5-10(6-9)20-8-12(14(23)24)18(2)16-20/h3-8H,1-2H3/p+2. The molecule has 0 saturated carbocycles. The minimum atomic E-state index is -1.08. The molecule has 0 aliphatic heterocycles. The average molecular weight is 330 g/mol. The van der Waals surface area contributed by atoms with E-state index in [-0.39, 0.29) is 11.4 Å². The van der Waals surface area contributed by atoms with Crippen molar-refractivity contribution >= 4 is 11.9 Å². The van der Waals surface area contributed by atoms with Crippen LogP contribution in [0.25, 0.3) is 11.4 Å². The van der Waals surface area contributed by atoms with Crippen LogP contribution >= 0.6 is 0 Å². The maximum atomic E-state index is 11.1. The number of benzene rings is 1. The molecule has 0 radical (unpaired) electrons. The molecule has 122 valence electrons. The maximum Gasteiger partial charge on any atom is 0.381 e. The average Bonchev–Trinajstić information content (AvgIpc) is 3.11. The Morgan fingerprint density at radius 3 is 1.67 bits per heavy atom. The molecule has 0 aliphatic carbocycles. The van der Waals surface area contributed by atoms with Crippen LogP contribution < -0.4 is 9.36 Å². The number of aromatic nitrogens is 6. The number of carboxylic acids is 2. The van der Waals surface area contributed by atoms with Crippen molar-refractivity contribution in [3.05, 3.63) is 48.0 Å². The lowest BCUT2D eigenvalue weighted by Crippen LogP contribution is -2.37. The van der Waals surface area contributed by atoms with Gasteiger partial charge in [0.25, 0.3) is 11.4 Å². The van der Waals surface area contributed by atoms with E-state index in [0.29, 0.717) is 11.4 Å². The van der Waals surface area contributed by atoms with E-state index < -0.39 is 11.9 Å². The van der Waals surface area contributed by atoms with E-state index in [1.54, 1.807) is 24.3 Å². The van der Waals surface area contributed by atoms with Gasteiger partial charge >= 0.3 is 11.9 Å². The van der Waals surface area contributed by atoms with Crippen molar-refractivity contribution < 1.29 is 29.2 Å². The van der Waals surface area contributed by atoms with Gasteiger partial charge in [-0.15, -0.1) is 18.7 Å². The van der Waals surface area contributed by atoms with E-state index in [0.717, 1.165) is 0 Å². The molecule has 0 atom stereocenters. The zero-order chi connectivity index (χ0) is 17.4. The molecular weight excluding hydrogens is 316 g/mol. The Bertz CT molecular complexity index is 885. The molecule has 0 amide bonds. The van der Waals surface area contributed by atoms with Crippen LogP contribution in [-0.2, 0) is 14.1 Å². The fourth-order valence-corrected chi connectivity index (χ4v) is 2.25. The van der Waals surface area contributed by atoms with Crippen LogP contribution in [0.5, 0.6) is 0 Å². The van der Waals surface area contributed by atoms with Crippen molar-refractivity contribution in [3.8, 4) is 11.4 Å². The van der Waals surface area contributed by atoms with E-state index in [1.807, 2.05) is 0 Å². The third-order valence-electron chi connectivity index (χ3n) is 3.44. The molecule has 0 fully saturated rings. The Kier molecular flexibility index (Phi) is 3.56. The number of carbonyl (C=O) groups is 2. The molecule has 3 rings (SSSR count). The van der Waals surface area contributed by atoms with E-state index in [4.69, 9.17) is 10.2 Å². The summed E-state index contributed by atoms with van der Waals surface area (Å²) in [7, 11) is 3.08. The number of carboxylic acid groups (broad SMARTS) is 2. The van der Waals surface area contributed by atoms with E-state index in [1.165, 1.54) is 45.2 Å². The summed E-state index contributed by atoms with van der Waals surface area (Å²) in [5.41, 5.74) is 1.31. The van der Waals surface area contributed by atoms with Crippen molar-refractivity contribution in [2.45, 2.75) is 0 Å². The first-order chi connectivity index (χ1) is 11.4. The lowest BCUT2D eigenvalue weighted by Gasteiger charge is -1.95. The molecule has 0 spiro atoms. The third kappa shape index (κ3) is 2.60. The molecule has 2 N–H and O–H groups in total. The van der Waals surface area contributed by atoms with Crippen molar-refractivity contribution in [2.24, 2.45) is 14.1 Å². The summed E-state index contributed by atoms with van der Waals surface area (Å²) in [6, 6.07) is 6.97. The van der Waals surface area contributed by atoms with Gasteiger partial charge in [0.2, 0.25) is 0 Å². The SMILES string of the molecule is C[n+]1nn(-c2cccc(-n3cc(C(=O)O)[n+](C)n3)c2)cc1C(=O)O. The summed E-state index contributed by atoms with van der Waals surface area (Å²) in [4.78, 5) is 22.2. The summed E-state index contributed by atoms with van der Waals surface area (Å²) in [5.74, 6) is -2.16. The second kappa shape index (κ2) is 5.57. The number of aromatic carboxylic acids is 2. The zero-order valence-electron chi connectivity index (χ0n) is 12.9. The highest BCUT2D eigenvalue weighted by Crippen LogP contribution is 2.13. The second-order valence-corrected chi connectivity index (χ2v) is 5.07. The van der Waals surface area contributed by atoms with Gasteiger partial charge in [-0.3, -0.25) is 0 Å². The molecule has 10 nitrogen and oxygen atoms in total. The zero-order valence-corrected chi connectivity index (χ0v) is 12.9. The van der Waals surface area contributed by atoms with Gasteiger partial charge in [-0.05, 0) is 12.1 Å². The van der Waals surface area contributed by atoms with Gasteiger partial charge < -0.3 is 10.2 Å². The smallest absolute Gasteiger partial charge is 0.381 e. The summed E-state index contributed by atoms with van der Waals surface area (Å²) < 4.78 is 5.36. The van der Waals surface area contributed by atoms with E-state index in [2.05, 4.69) is 10.4 Å². The molecule has 0 aliphatic rings. The van der Waals surface area contributed by atoms with Gasteiger partial charge in [0.15, 0.2) is 23.8 Å². The third-order valence-corrected chi connectivity index (χ3v) is 3.44. The van der Waals surface area contributed by atoms with Gasteiger partial charge in [-0.25, -0.2) is 9.59 Å².